The van der Waals surface area contributed by atoms with E-state index in [1.165, 1.54) is 31.4 Å². The van der Waals surface area contributed by atoms with Gasteiger partial charge in [0.2, 0.25) is 10.0 Å². The molecule has 1 unspecified atom stereocenters. The Balaban J connectivity index is 1.67. The summed E-state index contributed by atoms with van der Waals surface area (Å²) < 4.78 is 33.0. The van der Waals surface area contributed by atoms with Gasteiger partial charge in [-0.1, -0.05) is 13.8 Å². The Morgan fingerprint density at radius 2 is 1.81 bits per heavy atom. The van der Waals surface area contributed by atoms with Gasteiger partial charge in [0.1, 0.15) is 11.8 Å². The molecule has 32 heavy (non-hydrogen) atoms. The van der Waals surface area contributed by atoms with Crippen LogP contribution in [0, 0.1) is 5.92 Å². The fourth-order valence-electron chi connectivity index (χ4n) is 3.62. The summed E-state index contributed by atoms with van der Waals surface area (Å²) in [5.41, 5.74) is 6.75. The number of hydrogen-bond donors (Lipinski definition) is 4. The highest BCUT2D eigenvalue weighted by molar-refractivity contribution is 7.89. The molecule has 0 spiro atoms. The second kappa shape index (κ2) is 10.1. The highest BCUT2D eigenvalue weighted by atomic mass is 32.2. The van der Waals surface area contributed by atoms with Crippen molar-refractivity contribution in [3.8, 4) is 5.75 Å². The van der Waals surface area contributed by atoms with Crippen molar-refractivity contribution >= 4 is 21.8 Å². The molecular formula is C21H29N5O5S. The SMILES string of the molecule is COc1ccc(S(=O)(=O)NC(CC(C)C)C(=O)NNC(=O)c2n[nH]c3c2CCCC3)cc1. The zero-order valence-electron chi connectivity index (χ0n) is 18.4. The smallest absolute Gasteiger partial charge is 0.290 e. The summed E-state index contributed by atoms with van der Waals surface area (Å²) in [5.74, 6) is -0.658. The highest BCUT2D eigenvalue weighted by Crippen LogP contribution is 2.22. The lowest BCUT2D eigenvalue weighted by Gasteiger charge is -2.20. The number of hydrazine groups is 1. The van der Waals surface area contributed by atoms with Crippen molar-refractivity contribution in [1.29, 1.82) is 0 Å². The predicted octanol–water partition coefficient (Wildman–Crippen LogP) is 1.45. The standard InChI is InChI=1S/C21H29N5O5S/c1-13(2)12-18(26-32(29,30)15-10-8-14(31-3)9-11-15)20(27)24-25-21(28)19-16-6-4-5-7-17(16)22-23-19/h8-11,13,18,26H,4-7,12H2,1-3H3,(H,22,23)(H,24,27)(H,25,28). The molecule has 1 aromatic heterocycles. The van der Waals surface area contributed by atoms with Crippen molar-refractivity contribution in [2.45, 2.75) is 56.9 Å². The summed E-state index contributed by atoms with van der Waals surface area (Å²) in [7, 11) is -2.48. The molecule has 0 fully saturated rings. The molecule has 0 bridgehead atoms. The van der Waals surface area contributed by atoms with Crippen LogP contribution >= 0.6 is 0 Å². The molecule has 0 saturated heterocycles. The van der Waals surface area contributed by atoms with Crippen LogP contribution in [-0.4, -0.2) is 43.6 Å². The largest absolute Gasteiger partial charge is 0.497 e. The maximum absolute atomic E-state index is 12.8. The van der Waals surface area contributed by atoms with E-state index >= 15 is 0 Å². The number of nitrogens with one attached hydrogen (secondary N) is 4. The quantitative estimate of drug-likeness (QED) is 0.437. The number of aryl methyl sites for hydroxylation is 1. The van der Waals surface area contributed by atoms with Crippen LogP contribution in [0.15, 0.2) is 29.2 Å². The van der Waals surface area contributed by atoms with Crippen molar-refractivity contribution < 1.29 is 22.7 Å². The van der Waals surface area contributed by atoms with Gasteiger partial charge in [-0.25, -0.2) is 8.42 Å². The van der Waals surface area contributed by atoms with Gasteiger partial charge in [-0.2, -0.15) is 9.82 Å². The van der Waals surface area contributed by atoms with Gasteiger partial charge in [-0.3, -0.25) is 25.5 Å². The van der Waals surface area contributed by atoms with E-state index in [-0.39, 0.29) is 22.9 Å². The zero-order chi connectivity index (χ0) is 23.3. The molecule has 1 heterocycles. The van der Waals surface area contributed by atoms with Gasteiger partial charge in [0.25, 0.3) is 11.8 Å². The second-order valence-corrected chi connectivity index (χ2v) is 9.87. The van der Waals surface area contributed by atoms with Crippen LogP contribution in [0.3, 0.4) is 0 Å². The number of H-pyrrole nitrogens is 1. The zero-order valence-corrected chi connectivity index (χ0v) is 19.2. The Bertz CT molecular complexity index is 1060. The van der Waals surface area contributed by atoms with Gasteiger partial charge >= 0.3 is 0 Å². The number of aromatic nitrogens is 2. The minimum absolute atomic E-state index is 0.00652. The molecule has 0 radical (unpaired) electrons. The Kier molecular flexibility index (Phi) is 7.52. The van der Waals surface area contributed by atoms with Gasteiger partial charge in [0.15, 0.2) is 5.69 Å². The van der Waals surface area contributed by atoms with Crippen LogP contribution < -0.4 is 20.3 Å². The summed E-state index contributed by atoms with van der Waals surface area (Å²) in [6.07, 6.45) is 3.85. The normalized spacial score (nSPS) is 14.5. The molecule has 0 saturated carbocycles. The van der Waals surface area contributed by atoms with Crippen LogP contribution in [-0.2, 0) is 27.7 Å². The minimum Gasteiger partial charge on any atom is -0.497 e. The van der Waals surface area contributed by atoms with E-state index in [2.05, 4.69) is 25.8 Å². The third kappa shape index (κ3) is 5.65. The Hall–Kier alpha value is -2.92. The molecule has 1 aromatic carbocycles. The molecule has 1 atom stereocenters. The van der Waals surface area contributed by atoms with Gasteiger partial charge < -0.3 is 4.74 Å². The number of ether oxygens (including phenoxy) is 1. The maximum Gasteiger partial charge on any atom is 0.290 e. The summed E-state index contributed by atoms with van der Waals surface area (Å²) in [6.45, 7) is 3.74. The Morgan fingerprint density at radius 3 is 2.47 bits per heavy atom. The molecule has 2 aromatic rings. The molecule has 0 aliphatic heterocycles. The fraction of sp³-hybridized carbons (Fsp3) is 0.476. The van der Waals surface area contributed by atoms with Gasteiger partial charge in [-0.05, 0) is 62.3 Å². The van der Waals surface area contributed by atoms with Crippen LogP contribution in [0.4, 0.5) is 0 Å². The number of carbonyl (C=O) groups excluding carboxylic acids is 2. The van der Waals surface area contributed by atoms with E-state index in [4.69, 9.17) is 4.74 Å². The van der Waals surface area contributed by atoms with Gasteiger partial charge in [-0.15, -0.1) is 0 Å². The second-order valence-electron chi connectivity index (χ2n) is 8.16. The first-order valence-corrected chi connectivity index (χ1v) is 12.0. The first-order chi connectivity index (χ1) is 15.2. The molecule has 4 N–H and O–H groups in total. The number of methoxy groups -OCH3 is 1. The fourth-order valence-corrected chi connectivity index (χ4v) is 4.83. The molecule has 11 heteroatoms. The molecule has 2 amide bonds. The number of amides is 2. The van der Waals surface area contributed by atoms with Gasteiger partial charge in [0, 0.05) is 11.3 Å². The van der Waals surface area contributed by atoms with Crippen LogP contribution in [0.1, 0.15) is 54.9 Å². The lowest BCUT2D eigenvalue weighted by atomic mass is 9.96. The third-order valence-electron chi connectivity index (χ3n) is 5.26. The van der Waals surface area contributed by atoms with Crippen molar-refractivity contribution in [2.24, 2.45) is 5.92 Å². The minimum atomic E-state index is -3.97. The van der Waals surface area contributed by atoms with Crippen molar-refractivity contribution in [2.75, 3.05) is 7.11 Å². The molecular weight excluding hydrogens is 434 g/mol. The lowest BCUT2D eigenvalue weighted by Crippen LogP contribution is -2.52. The van der Waals surface area contributed by atoms with Gasteiger partial charge in [0.05, 0.1) is 12.0 Å². The number of hydrogen-bond acceptors (Lipinski definition) is 6. The third-order valence-corrected chi connectivity index (χ3v) is 6.75. The molecule has 1 aliphatic carbocycles. The number of fused-ring (bicyclic) bond motifs is 1. The Labute approximate surface area is 187 Å². The number of sulfonamides is 1. The van der Waals surface area contributed by atoms with Crippen LogP contribution in [0.5, 0.6) is 5.75 Å². The Morgan fingerprint density at radius 1 is 1.12 bits per heavy atom. The number of aromatic amines is 1. The number of rotatable bonds is 8. The lowest BCUT2D eigenvalue weighted by molar-refractivity contribution is -0.123. The van der Waals surface area contributed by atoms with E-state index in [1.54, 1.807) is 0 Å². The number of carbonyl (C=O) groups is 2. The summed E-state index contributed by atoms with van der Waals surface area (Å²) in [4.78, 5) is 25.3. The van der Waals surface area contributed by atoms with Crippen LogP contribution in [0.25, 0.3) is 0 Å². The average molecular weight is 464 g/mol. The topological polar surface area (TPSA) is 142 Å². The summed E-state index contributed by atoms with van der Waals surface area (Å²) in [6, 6.07) is 4.77. The average Bonchev–Trinajstić information content (AvgIpc) is 3.20. The molecule has 1 aliphatic rings. The first-order valence-electron chi connectivity index (χ1n) is 10.5. The molecule has 174 valence electrons. The monoisotopic (exact) mass is 463 g/mol. The van der Waals surface area contributed by atoms with E-state index in [1.807, 2.05) is 13.8 Å². The van der Waals surface area contributed by atoms with E-state index in [0.717, 1.165) is 36.9 Å². The summed E-state index contributed by atoms with van der Waals surface area (Å²) >= 11 is 0. The van der Waals surface area contributed by atoms with Crippen LogP contribution in [0.2, 0.25) is 0 Å². The molecule has 10 nitrogen and oxygen atoms in total. The van der Waals surface area contributed by atoms with E-state index < -0.39 is 27.9 Å². The van der Waals surface area contributed by atoms with Crippen molar-refractivity contribution in [3.05, 3.63) is 41.2 Å². The number of nitrogens with zero attached hydrogens (tertiary/aromatic N) is 1. The first kappa shape index (κ1) is 23.7. The van der Waals surface area contributed by atoms with E-state index in [0.29, 0.717) is 5.75 Å². The maximum atomic E-state index is 12.8. The summed E-state index contributed by atoms with van der Waals surface area (Å²) in [5, 5.41) is 6.95. The predicted molar refractivity (Wildman–Crippen MR) is 117 cm³/mol. The molecule has 3 rings (SSSR count). The van der Waals surface area contributed by atoms with Crippen molar-refractivity contribution in [1.82, 2.24) is 25.8 Å². The highest BCUT2D eigenvalue weighted by Gasteiger charge is 2.28. The van der Waals surface area contributed by atoms with E-state index in [9.17, 15) is 18.0 Å². The number of benzene rings is 1. The van der Waals surface area contributed by atoms with Crippen molar-refractivity contribution in [3.63, 3.8) is 0 Å².